The monoisotopic (exact) mass is 490 g/mol. The molecule has 0 heterocycles. The fourth-order valence-electron chi connectivity index (χ4n) is 9.48. The van der Waals surface area contributed by atoms with E-state index >= 15 is 0 Å². The van der Waals surface area contributed by atoms with Gasteiger partial charge in [0, 0.05) is 25.7 Å². The van der Waals surface area contributed by atoms with Crippen molar-refractivity contribution < 1.29 is 28.6 Å². The summed E-state index contributed by atoms with van der Waals surface area (Å²) in [5.41, 5.74) is 0.147. The third-order valence-electron chi connectivity index (χ3n) is 11.1. The highest BCUT2D eigenvalue weighted by atomic mass is 16.5. The number of hydrogen-bond acceptors (Lipinski definition) is 6. The number of fused-ring (bicyclic) bond motifs is 5. The Kier molecular flexibility index (Phi) is 7.60. The molecule has 0 aromatic heterocycles. The largest absolute Gasteiger partial charge is 0.469 e. The Hall–Kier alpha value is -1.59. The van der Waals surface area contributed by atoms with Crippen LogP contribution in [-0.4, -0.2) is 37.2 Å². The number of carbonyl (C=O) groups is 3. The number of hydrogen-bond donors (Lipinski definition) is 0. The van der Waals surface area contributed by atoms with Gasteiger partial charge in [0.15, 0.2) is 0 Å². The molecule has 4 saturated carbocycles. The van der Waals surface area contributed by atoms with Crippen molar-refractivity contribution in [3.63, 3.8) is 0 Å². The van der Waals surface area contributed by atoms with Crippen LogP contribution in [0.4, 0.5) is 0 Å². The predicted octanol–water partition coefficient (Wildman–Crippen LogP) is 5.71. The normalized spacial score (nSPS) is 43.2. The zero-order valence-electron chi connectivity index (χ0n) is 22.6. The summed E-state index contributed by atoms with van der Waals surface area (Å²) in [6.07, 6.45) is 9.87. The van der Waals surface area contributed by atoms with Crippen LogP contribution >= 0.6 is 0 Å². The minimum absolute atomic E-state index is 0.0479. The summed E-state index contributed by atoms with van der Waals surface area (Å²) in [6, 6.07) is 0. The Morgan fingerprint density at radius 2 is 1.63 bits per heavy atom. The lowest BCUT2D eigenvalue weighted by molar-refractivity contribution is -0.197. The van der Waals surface area contributed by atoms with E-state index in [2.05, 4.69) is 20.8 Å². The van der Waals surface area contributed by atoms with E-state index in [0.29, 0.717) is 41.9 Å². The minimum atomic E-state index is -0.183. The first-order chi connectivity index (χ1) is 16.5. The molecule has 10 atom stereocenters. The molecule has 4 aliphatic rings. The lowest BCUT2D eigenvalue weighted by atomic mass is 9.43. The highest BCUT2D eigenvalue weighted by Gasteiger charge is 2.65. The zero-order valence-corrected chi connectivity index (χ0v) is 22.6. The van der Waals surface area contributed by atoms with Gasteiger partial charge in [0.05, 0.1) is 7.11 Å². The average molecular weight is 491 g/mol. The number of rotatable bonds is 6. The second-order valence-corrected chi connectivity index (χ2v) is 12.6. The highest BCUT2D eigenvalue weighted by Crippen LogP contribution is 2.69. The van der Waals surface area contributed by atoms with Crippen LogP contribution in [0, 0.1) is 46.3 Å². The van der Waals surface area contributed by atoms with Gasteiger partial charge in [-0.25, -0.2) is 0 Å². The molecule has 0 N–H and O–H groups in total. The molecular formula is C29H46O6. The molecule has 198 valence electrons. The van der Waals surface area contributed by atoms with Gasteiger partial charge in [0.2, 0.25) is 0 Å². The first-order valence-electron chi connectivity index (χ1n) is 13.9. The Bertz CT molecular complexity index is 824. The van der Waals surface area contributed by atoms with E-state index in [1.165, 1.54) is 33.3 Å². The summed E-state index contributed by atoms with van der Waals surface area (Å²) < 4.78 is 16.7. The summed E-state index contributed by atoms with van der Waals surface area (Å²) in [5.74, 6) is 2.60. The molecule has 4 aliphatic carbocycles. The van der Waals surface area contributed by atoms with Gasteiger partial charge in [-0.05, 0) is 98.7 Å². The van der Waals surface area contributed by atoms with Gasteiger partial charge >= 0.3 is 17.9 Å². The summed E-state index contributed by atoms with van der Waals surface area (Å²) in [5, 5.41) is 0. The third kappa shape index (κ3) is 4.75. The number of esters is 3. The van der Waals surface area contributed by atoms with Crippen LogP contribution in [-0.2, 0) is 28.6 Å². The highest BCUT2D eigenvalue weighted by molar-refractivity contribution is 5.69. The third-order valence-corrected chi connectivity index (χ3v) is 11.1. The van der Waals surface area contributed by atoms with Crippen LogP contribution in [0.1, 0.15) is 98.8 Å². The first-order valence-corrected chi connectivity index (χ1v) is 13.9. The number of ether oxygens (including phenoxy) is 3. The lowest BCUT2D eigenvalue weighted by Gasteiger charge is -2.62. The quantitative estimate of drug-likeness (QED) is 0.351. The van der Waals surface area contributed by atoms with E-state index in [4.69, 9.17) is 14.2 Å². The number of carbonyl (C=O) groups excluding carboxylic acids is 3. The second kappa shape index (κ2) is 10.0. The van der Waals surface area contributed by atoms with Crippen molar-refractivity contribution in [3.05, 3.63) is 0 Å². The molecule has 0 saturated heterocycles. The van der Waals surface area contributed by atoms with Crippen molar-refractivity contribution in [3.8, 4) is 0 Å². The van der Waals surface area contributed by atoms with E-state index < -0.39 is 0 Å². The maximum Gasteiger partial charge on any atom is 0.305 e. The molecule has 0 bridgehead atoms. The van der Waals surface area contributed by atoms with Crippen molar-refractivity contribution >= 4 is 17.9 Å². The average Bonchev–Trinajstić information content (AvgIpc) is 3.16. The molecule has 0 aliphatic heterocycles. The van der Waals surface area contributed by atoms with Crippen LogP contribution in [0.2, 0.25) is 0 Å². The standard InChI is InChI=1S/C29H46O6/c1-17(7-12-27(32)33-6)23-10-11-24-22-9-8-20-15-21(34-18(2)30)13-14-28(20,4)25(22)16-26(29(23,24)5)35-19(3)31/h17,20-26H,7-16H2,1-6H3/t17-,20+,21+,22+,23+,24+,25-,26-,28-,29+/m0/s1. The summed E-state index contributed by atoms with van der Waals surface area (Å²) in [6.45, 7) is 10.2. The van der Waals surface area contributed by atoms with Crippen LogP contribution in [0.3, 0.4) is 0 Å². The van der Waals surface area contributed by atoms with E-state index in [1.807, 2.05) is 0 Å². The minimum Gasteiger partial charge on any atom is -0.469 e. The Labute approximate surface area is 211 Å². The van der Waals surface area contributed by atoms with Gasteiger partial charge in [-0.3, -0.25) is 14.4 Å². The molecule has 6 nitrogen and oxygen atoms in total. The summed E-state index contributed by atoms with van der Waals surface area (Å²) in [4.78, 5) is 35.7. The maximum atomic E-state index is 12.3. The van der Waals surface area contributed by atoms with E-state index in [1.54, 1.807) is 6.92 Å². The smallest absolute Gasteiger partial charge is 0.305 e. The van der Waals surface area contributed by atoms with Crippen molar-refractivity contribution in [2.24, 2.45) is 46.3 Å². The summed E-state index contributed by atoms with van der Waals surface area (Å²) in [7, 11) is 1.45. The molecule has 0 aromatic rings. The van der Waals surface area contributed by atoms with Gasteiger partial charge < -0.3 is 14.2 Å². The number of methoxy groups -OCH3 is 1. The fraction of sp³-hybridized carbons (Fsp3) is 0.897. The van der Waals surface area contributed by atoms with Crippen LogP contribution in [0.5, 0.6) is 0 Å². The van der Waals surface area contributed by atoms with E-state index in [-0.39, 0.29) is 40.9 Å². The van der Waals surface area contributed by atoms with Gasteiger partial charge in [-0.1, -0.05) is 20.8 Å². The Morgan fingerprint density at radius 3 is 2.29 bits per heavy atom. The van der Waals surface area contributed by atoms with Crippen LogP contribution < -0.4 is 0 Å². The van der Waals surface area contributed by atoms with Gasteiger partial charge in [0.25, 0.3) is 0 Å². The van der Waals surface area contributed by atoms with E-state index in [0.717, 1.165) is 38.5 Å². The predicted molar refractivity (Wildman–Crippen MR) is 132 cm³/mol. The topological polar surface area (TPSA) is 78.9 Å². The van der Waals surface area contributed by atoms with E-state index in [9.17, 15) is 14.4 Å². The molecular weight excluding hydrogens is 444 g/mol. The molecule has 35 heavy (non-hydrogen) atoms. The molecule has 4 rings (SSSR count). The molecule has 0 radical (unpaired) electrons. The van der Waals surface area contributed by atoms with Crippen molar-refractivity contribution in [2.75, 3.05) is 7.11 Å². The molecule has 0 amide bonds. The lowest BCUT2D eigenvalue weighted by Crippen LogP contribution is -2.59. The molecule has 0 unspecified atom stereocenters. The molecule has 0 aromatic carbocycles. The van der Waals surface area contributed by atoms with Gasteiger partial charge in [-0.2, -0.15) is 0 Å². The molecule has 4 fully saturated rings. The van der Waals surface area contributed by atoms with Crippen molar-refractivity contribution in [2.45, 2.75) is 111 Å². The van der Waals surface area contributed by atoms with Gasteiger partial charge in [0.1, 0.15) is 12.2 Å². The SMILES string of the molecule is COC(=O)CC[C@H](C)[C@H]1CC[C@@H]2[C@H]3CC[C@@H]4C[C@H](OC(C)=O)CC[C@]4(C)[C@H]3C[C@H](OC(C)=O)[C@@]21C. The summed E-state index contributed by atoms with van der Waals surface area (Å²) >= 11 is 0. The van der Waals surface area contributed by atoms with Crippen LogP contribution in [0.15, 0.2) is 0 Å². The molecule has 6 heteroatoms. The van der Waals surface area contributed by atoms with Crippen molar-refractivity contribution in [1.82, 2.24) is 0 Å². The fourth-order valence-corrected chi connectivity index (χ4v) is 9.48. The maximum absolute atomic E-state index is 12.3. The zero-order chi connectivity index (χ0) is 25.5. The second-order valence-electron chi connectivity index (χ2n) is 12.6. The molecule has 0 spiro atoms. The Morgan fingerprint density at radius 1 is 0.914 bits per heavy atom. The first kappa shape index (κ1) is 26.5. The van der Waals surface area contributed by atoms with Crippen LogP contribution in [0.25, 0.3) is 0 Å². The van der Waals surface area contributed by atoms with Crippen molar-refractivity contribution in [1.29, 1.82) is 0 Å². The Balaban J connectivity index is 1.58. The van der Waals surface area contributed by atoms with Gasteiger partial charge in [-0.15, -0.1) is 0 Å².